The largest absolute Gasteiger partial charge is 0.317 e. The van der Waals surface area contributed by atoms with Crippen LogP contribution in [0.1, 0.15) is 38.3 Å². The number of hydrogen-bond donors (Lipinski definition) is 1. The molecule has 21 heavy (non-hydrogen) atoms. The third kappa shape index (κ3) is 5.37. The standard InChI is InChI=1S/C15H25FN2O2S/c1-4-17-11-7-8-12-21(19,20)18(3)13(2)14-9-5-6-10-15(14)16/h5-6,9-10,13,17H,4,7-8,11-12H2,1-3H3. The van der Waals surface area contributed by atoms with Gasteiger partial charge in [-0.15, -0.1) is 0 Å². The van der Waals surface area contributed by atoms with Gasteiger partial charge in [0, 0.05) is 18.7 Å². The van der Waals surface area contributed by atoms with E-state index in [1.807, 2.05) is 6.92 Å². The zero-order chi connectivity index (χ0) is 15.9. The van der Waals surface area contributed by atoms with Crippen LogP contribution in [0.15, 0.2) is 24.3 Å². The van der Waals surface area contributed by atoms with Crippen LogP contribution >= 0.6 is 0 Å². The van der Waals surface area contributed by atoms with Crippen LogP contribution in [0.2, 0.25) is 0 Å². The Balaban J connectivity index is 2.64. The number of rotatable bonds is 9. The van der Waals surface area contributed by atoms with Crippen molar-refractivity contribution < 1.29 is 12.8 Å². The highest BCUT2D eigenvalue weighted by Crippen LogP contribution is 2.24. The summed E-state index contributed by atoms with van der Waals surface area (Å²) in [4.78, 5) is 0. The Kier molecular flexibility index (Phi) is 7.28. The van der Waals surface area contributed by atoms with E-state index in [0.29, 0.717) is 12.0 Å². The number of nitrogens with one attached hydrogen (secondary N) is 1. The summed E-state index contributed by atoms with van der Waals surface area (Å²) in [5.74, 6) is -0.285. The summed E-state index contributed by atoms with van der Waals surface area (Å²) in [6.45, 7) is 5.42. The second kappa shape index (κ2) is 8.46. The van der Waals surface area contributed by atoms with Gasteiger partial charge in [0.15, 0.2) is 0 Å². The Morgan fingerprint density at radius 1 is 1.29 bits per heavy atom. The van der Waals surface area contributed by atoms with Crippen LogP contribution in [-0.4, -0.2) is 38.6 Å². The molecule has 120 valence electrons. The fraction of sp³-hybridized carbons (Fsp3) is 0.600. The third-order valence-electron chi connectivity index (χ3n) is 3.60. The van der Waals surface area contributed by atoms with Crippen molar-refractivity contribution in [3.8, 4) is 0 Å². The summed E-state index contributed by atoms with van der Waals surface area (Å²) >= 11 is 0. The number of hydrogen-bond acceptors (Lipinski definition) is 3. The Hall–Kier alpha value is -0.980. The smallest absolute Gasteiger partial charge is 0.214 e. The van der Waals surface area contributed by atoms with E-state index in [1.165, 1.54) is 17.4 Å². The van der Waals surface area contributed by atoms with Crippen LogP contribution in [0.3, 0.4) is 0 Å². The molecule has 1 N–H and O–H groups in total. The zero-order valence-corrected chi connectivity index (χ0v) is 13.8. The molecule has 0 radical (unpaired) electrons. The van der Waals surface area contributed by atoms with Gasteiger partial charge in [0.05, 0.1) is 5.75 Å². The Labute approximate surface area is 127 Å². The van der Waals surface area contributed by atoms with E-state index in [2.05, 4.69) is 5.32 Å². The summed E-state index contributed by atoms with van der Waals surface area (Å²) in [5.41, 5.74) is 0.399. The van der Waals surface area contributed by atoms with Crippen molar-refractivity contribution in [2.75, 3.05) is 25.9 Å². The van der Waals surface area contributed by atoms with E-state index in [0.717, 1.165) is 19.5 Å². The van der Waals surface area contributed by atoms with Crippen molar-refractivity contribution in [3.05, 3.63) is 35.6 Å². The Morgan fingerprint density at radius 2 is 1.95 bits per heavy atom. The van der Waals surface area contributed by atoms with Crippen molar-refractivity contribution >= 4 is 10.0 Å². The lowest BCUT2D eigenvalue weighted by molar-refractivity contribution is 0.386. The van der Waals surface area contributed by atoms with Crippen LogP contribution in [0.4, 0.5) is 4.39 Å². The van der Waals surface area contributed by atoms with Crippen molar-refractivity contribution in [1.82, 2.24) is 9.62 Å². The van der Waals surface area contributed by atoms with E-state index in [9.17, 15) is 12.8 Å². The van der Waals surface area contributed by atoms with Crippen LogP contribution in [-0.2, 0) is 10.0 Å². The first-order valence-electron chi connectivity index (χ1n) is 7.31. The van der Waals surface area contributed by atoms with E-state index in [-0.39, 0.29) is 11.6 Å². The molecule has 1 aromatic rings. The first-order chi connectivity index (χ1) is 9.90. The molecular weight excluding hydrogens is 291 g/mol. The van der Waals surface area contributed by atoms with Crippen molar-refractivity contribution in [1.29, 1.82) is 0 Å². The maximum absolute atomic E-state index is 13.8. The molecule has 1 aromatic carbocycles. The molecule has 0 fully saturated rings. The minimum atomic E-state index is -3.37. The van der Waals surface area contributed by atoms with Gasteiger partial charge < -0.3 is 5.32 Å². The summed E-state index contributed by atoms with van der Waals surface area (Å²) < 4.78 is 39.6. The summed E-state index contributed by atoms with van der Waals surface area (Å²) in [6.07, 6.45) is 1.42. The molecule has 0 heterocycles. The van der Waals surface area contributed by atoms with Crippen molar-refractivity contribution in [3.63, 3.8) is 0 Å². The quantitative estimate of drug-likeness (QED) is 0.712. The van der Waals surface area contributed by atoms with Gasteiger partial charge in [0.1, 0.15) is 5.82 Å². The topological polar surface area (TPSA) is 49.4 Å². The van der Waals surface area contributed by atoms with Gasteiger partial charge >= 0.3 is 0 Å². The molecule has 0 amide bonds. The van der Waals surface area contributed by atoms with Crippen molar-refractivity contribution in [2.24, 2.45) is 0 Å². The Bertz CT molecular complexity index is 534. The average Bonchev–Trinajstić information content (AvgIpc) is 2.46. The molecule has 0 aliphatic rings. The molecule has 0 spiro atoms. The number of nitrogens with zero attached hydrogens (tertiary/aromatic N) is 1. The lowest BCUT2D eigenvalue weighted by Crippen LogP contribution is -2.32. The lowest BCUT2D eigenvalue weighted by atomic mass is 10.1. The monoisotopic (exact) mass is 316 g/mol. The highest BCUT2D eigenvalue weighted by molar-refractivity contribution is 7.89. The maximum atomic E-state index is 13.8. The number of halogens is 1. The van der Waals surface area contributed by atoms with E-state index >= 15 is 0 Å². The first-order valence-corrected chi connectivity index (χ1v) is 8.92. The minimum Gasteiger partial charge on any atom is -0.317 e. The second-order valence-corrected chi connectivity index (χ2v) is 7.24. The van der Waals surface area contributed by atoms with Crippen LogP contribution < -0.4 is 5.32 Å². The summed E-state index contributed by atoms with van der Waals surface area (Å²) in [6, 6.07) is 5.77. The fourth-order valence-corrected chi connectivity index (χ4v) is 3.56. The summed E-state index contributed by atoms with van der Waals surface area (Å²) in [5, 5.41) is 3.16. The third-order valence-corrected chi connectivity index (χ3v) is 5.59. The first kappa shape index (κ1) is 18.1. The predicted molar refractivity (Wildman–Crippen MR) is 84.1 cm³/mol. The number of unbranched alkanes of at least 4 members (excludes halogenated alkanes) is 1. The van der Waals surface area contributed by atoms with E-state index in [4.69, 9.17) is 0 Å². The Morgan fingerprint density at radius 3 is 2.57 bits per heavy atom. The second-order valence-electron chi connectivity index (χ2n) is 5.09. The van der Waals surface area contributed by atoms with Crippen LogP contribution in [0, 0.1) is 5.82 Å². The molecule has 1 unspecified atom stereocenters. The van der Waals surface area contributed by atoms with Gasteiger partial charge in [-0.1, -0.05) is 25.1 Å². The van der Waals surface area contributed by atoms with Crippen LogP contribution in [0.25, 0.3) is 0 Å². The molecule has 6 heteroatoms. The molecule has 0 saturated carbocycles. The fourth-order valence-electron chi connectivity index (χ4n) is 2.11. The SMILES string of the molecule is CCNCCCCS(=O)(=O)N(C)C(C)c1ccccc1F. The number of benzene rings is 1. The van der Waals surface area contributed by atoms with Gasteiger partial charge in [0.2, 0.25) is 10.0 Å². The normalized spacial score (nSPS) is 13.6. The van der Waals surface area contributed by atoms with Crippen molar-refractivity contribution in [2.45, 2.75) is 32.7 Å². The summed E-state index contributed by atoms with van der Waals surface area (Å²) in [7, 11) is -1.86. The number of sulfonamides is 1. The highest BCUT2D eigenvalue weighted by atomic mass is 32.2. The molecule has 0 aliphatic carbocycles. The molecule has 4 nitrogen and oxygen atoms in total. The molecule has 0 aliphatic heterocycles. The van der Waals surface area contributed by atoms with Crippen LogP contribution in [0.5, 0.6) is 0 Å². The minimum absolute atomic E-state index is 0.0910. The predicted octanol–water partition coefficient (Wildman–Crippen LogP) is 2.54. The zero-order valence-electron chi connectivity index (χ0n) is 13.0. The molecule has 0 bridgehead atoms. The average molecular weight is 316 g/mol. The maximum Gasteiger partial charge on any atom is 0.214 e. The molecule has 1 rings (SSSR count). The van der Waals surface area contributed by atoms with E-state index in [1.54, 1.807) is 25.1 Å². The lowest BCUT2D eigenvalue weighted by Gasteiger charge is -2.25. The molecule has 1 atom stereocenters. The van der Waals surface area contributed by atoms with Gasteiger partial charge in [-0.2, -0.15) is 4.31 Å². The molecular formula is C15H25FN2O2S. The molecule has 0 saturated heterocycles. The van der Waals surface area contributed by atoms with Gasteiger partial charge in [-0.05, 0) is 38.9 Å². The van der Waals surface area contributed by atoms with E-state index < -0.39 is 16.1 Å². The highest BCUT2D eigenvalue weighted by Gasteiger charge is 2.25. The van der Waals surface area contributed by atoms with Gasteiger partial charge in [0.25, 0.3) is 0 Å². The van der Waals surface area contributed by atoms with Gasteiger partial charge in [-0.3, -0.25) is 0 Å². The van der Waals surface area contributed by atoms with Gasteiger partial charge in [-0.25, -0.2) is 12.8 Å². The molecule has 0 aromatic heterocycles.